The molecule has 0 bridgehead atoms. The van der Waals surface area contributed by atoms with E-state index < -0.39 is 0 Å². The summed E-state index contributed by atoms with van der Waals surface area (Å²) >= 11 is 0. The number of aromatic nitrogens is 3. The molecule has 0 radical (unpaired) electrons. The van der Waals surface area contributed by atoms with E-state index in [4.69, 9.17) is 5.73 Å². The zero-order chi connectivity index (χ0) is 13.0. The van der Waals surface area contributed by atoms with Gasteiger partial charge in [-0.05, 0) is 30.7 Å². The van der Waals surface area contributed by atoms with Gasteiger partial charge in [0.15, 0.2) is 5.82 Å². The van der Waals surface area contributed by atoms with Gasteiger partial charge in [-0.3, -0.25) is 4.68 Å². The predicted octanol–water partition coefficient (Wildman–Crippen LogP) is 1.24. The third-order valence-corrected chi connectivity index (χ3v) is 2.79. The molecule has 0 atom stereocenters. The minimum Gasteiger partial charge on any atom is -0.330 e. The van der Waals surface area contributed by atoms with Crippen molar-refractivity contribution in [2.75, 3.05) is 6.54 Å². The van der Waals surface area contributed by atoms with Crippen LogP contribution in [-0.4, -0.2) is 21.3 Å². The molecule has 0 saturated carbocycles. The number of hydrogen-bond donors (Lipinski definition) is 1. The standard InChI is InChI=1S/C13H17FN4/c1-18-13(16-12(17-18)7-8-15)6-5-10-3-2-4-11(14)9-10/h2-4,9H,5-8,15H2,1H3. The van der Waals surface area contributed by atoms with E-state index in [2.05, 4.69) is 10.1 Å². The highest BCUT2D eigenvalue weighted by atomic mass is 19.1. The van der Waals surface area contributed by atoms with Gasteiger partial charge in [0.1, 0.15) is 11.6 Å². The summed E-state index contributed by atoms with van der Waals surface area (Å²) in [6.45, 7) is 0.549. The molecule has 1 heterocycles. The Hall–Kier alpha value is -1.75. The Balaban J connectivity index is 2.01. The second-order valence-corrected chi connectivity index (χ2v) is 4.24. The number of nitrogens with two attached hydrogens (primary N) is 1. The highest BCUT2D eigenvalue weighted by Crippen LogP contribution is 2.08. The van der Waals surface area contributed by atoms with Gasteiger partial charge in [0.05, 0.1) is 0 Å². The molecule has 0 aliphatic carbocycles. The van der Waals surface area contributed by atoms with Crippen LogP contribution in [0.1, 0.15) is 17.2 Å². The van der Waals surface area contributed by atoms with Crippen LogP contribution in [-0.2, 0) is 26.3 Å². The van der Waals surface area contributed by atoms with Crippen molar-refractivity contribution in [3.8, 4) is 0 Å². The molecule has 4 nitrogen and oxygen atoms in total. The summed E-state index contributed by atoms with van der Waals surface area (Å²) in [7, 11) is 1.87. The molecular formula is C13H17FN4. The zero-order valence-corrected chi connectivity index (χ0v) is 10.4. The second-order valence-electron chi connectivity index (χ2n) is 4.24. The van der Waals surface area contributed by atoms with Gasteiger partial charge in [-0.25, -0.2) is 9.37 Å². The fraction of sp³-hybridized carbons (Fsp3) is 0.385. The summed E-state index contributed by atoms with van der Waals surface area (Å²) in [4.78, 5) is 4.42. The van der Waals surface area contributed by atoms with Crippen molar-refractivity contribution >= 4 is 0 Å². The third-order valence-electron chi connectivity index (χ3n) is 2.79. The van der Waals surface area contributed by atoms with Crippen molar-refractivity contribution in [3.05, 3.63) is 47.3 Å². The first-order chi connectivity index (χ1) is 8.69. The van der Waals surface area contributed by atoms with E-state index in [0.717, 1.165) is 30.1 Å². The van der Waals surface area contributed by atoms with Gasteiger partial charge in [0.25, 0.3) is 0 Å². The van der Waals surface area contributed by atoms with Gasteiger partial charge in [0, 0.05) is 19.9 Å². The summed E-state index contributed by atoms with van der Waals surface area (Å²) in [6, 6.07) is 6.64. The lowest BCUT2D eigenvalue weighted by atomic mass is 10.1. The van der Waals surface area contributed by atoms with Crippen molar-refractivity contribution in [1.29, 1.82) is 0 Å². The molecular weight excluding hydrogens is 231 g/mol. The molecule has 0 fully saturated rings. The van der Waals surface area contributed by atoms with Crippen molar-refractivity contribution < 1.29 is 4.39 Å². The molecule has 0 aliphatic heterocycles. The number of halogens is 1. The Morgan fingerprint density at radius 2 is 2.11 bits per heavy atom. The van der Waals surface area contributed by atoms with Crippen molar-refractivity contribution in [3.63, 3.8) is 0 Å². The summed E-state index contributed by atoms with van der Waals surface area (Å²) in [5.74, 6) is 1.48. The topological polar surface area (TPSA) is 56.7 Å². The quantitative estimate of drug-likeness (QED) is 0.866. The van der Waals surface area contributed by atoms with E-state index >= 15 is 0 Å². The van der Waals surface area contributed by atoms with Crippen LogP contribution in [0.25, 0.3) is 0 Å². The van der Waals surface area contributed by atoms with Crippen molar-refractivity contribution in [2.24, 2.45) is 12.8 Å². The van der Waals surface area contributed by atoms with E-state index in [0.29, 0.717) is 13.0 Å². The van der Waals surface area contributed by atoms with Gasteiger partial charge in [-0.2, -0.15) is 5.10 Å². The van der Waals surface area contributed by atoms with Crippen LogP contribution in [0.5, 0.6) is 0 Å². The zero-order valence-electron chi connectivity index (χ0n) is 10.4. The molecule has 5 heteroatoms. The van der Waals surface area contributed by atoms with Crippen molar-refractivity contribution in [2.45, 2.75) is 19.3 Å². The first kappa shape index (κ1) is 12.7. The van der Waals surface area contributed by atoms with Crippen LogP contribution >= 0.6 is 0 Å². The van der Waals surface area contributed by atoms with Crippen LogP contribution in [0.2, 0.25) is 0 Å². The fourth-order valence-electron chi connectivity index (χ4n) is 1.88. The lowest BCUT2D eigenvalue weighted by molar-refractivity contribution is 0.624. The Labute approximate surface area is 106 Å². The minimum atomic E-state index is -0.200. The van der Waals surface area contributed by atoms with Gasteiger partial charge < -0.3 is 5.73 Å². The Morgan fingerprint density at radius 3 is 2.83 bits per heavy atom. The highest BCUT2D eigenvalue weighted by Gasteiger charge is 2.06. The predicted molar refractivity (Wildman–Crippen MR) is 67.6 cm³/mol. The Kier molecular flexibility index (Phi) is 4.04. The molecule has 2 aromatic rings. The van der Waals surface area contributed by atoms with E-state index in [1.54, 1.807) is 16.8 Å². The van der Waals surface area contributed by atoms with Crippen LogP contribution in [0.4, 0.5) is 4.39 Å². The number of aryl methyl sites for hydroxylation is 3. The van der Waals surface area contributed by atoms with Crippen LogP contribution in [0, 0.1) is 5.82 Å². The molecule has 0 unspecified atom stereocenters. The maximum Gasteiger partial charge on any atom is 0.152 e. The smallest absolute Gasteiger partial charge is 0.152 e. The molecule has 1 aromatic heterocycles. The largest absolute Gasteiger partial charge is 0.330 e. The van der Waals surface area contributed by atoms with Gasteiger partial charge >= 0.3 is 0 Å². The molecule has 96 valence electrons. The molecule has 2 N–H and O–H groups in total. The lowest BCUT2D eigenvalue weighted by Crippen LogP contribution is -2.04. The SMILES string of the molecule is Cn1nc(CCN)nc1CCc1cccc(F)c1. The average molecular weight is 248 g/mol. The Morgan fingerprint density at radius 1 is 1.28 bits per heavy atom. The van der Waals surface area contributed by atoms with E-state index in [9.17, 15) is 4.39 Å². The Bertz CT molecular complexity index is 521. The molecule has 0 saturated heterocycles. The maximum atomic E-state index is 13.0. The first-order valence-corrected chi connectivity index (χ1v) is 6.02. The molecule has 0 amide bonds. The first-order valence-electron chi connectivity index (χ1n) is 6.02. The molecule has 1 aromatic carbocycles. The highest BCUT2D eigenvalue weighted by molar-refractivity contribution is 5.17. The summed E-state index contributed by atoms with van der Waals surface area (Å²) in [5, 5.41) is 4.28. The summed E-state index contributed by atoms with van der Waals surface area (Å²) in [5.41, 5.74) is 6.44. The number of rotatable bonds is 5. The molecule has 2 rings (SSSR count). The van der Waals surface area contributed by atoms with E-state index in [1.165, 1.54) is 6.07 Å². The molecule has 0 spiro atoms. The van der Waals surface area contributed by atoms with Crippen LogP contribution < -0.4 is 5.73 Å². The van der Waals surface area contributed by atoms with Crippen molar-refractivity contribution in [1.82, 2.24) is 14.8 Å². The van der Waals surface area contributed by atoms with E-state index in [-0.39, 0.29) is 5.82 Å². The maximum absolute atomic E-state index is 13.0. The molecule has 0 aliphatic rings. The average Bonchev–Trinajstić information content (AvgIpc) is 2.68. The van der Waals surface area contributed by atoms with E-state index in [1.807, 2.05) is 13.1 Å². The molecule has 18 heavy (non-hydrogen) atoms. The number of nitrogens with zero attached hydrogens (tertiary/aromatic N) is 3. The number of hydrogen-bond acceptors (Lipinski definition) is 3. The minimum absolute atomic E-state index is 0.200. The van der Waals surface area contributed by atoms with Gasteiger partial charge in [-0.15, -0.1) is 0 Å². The fourth-order valence-corrected chi connectivity index (χ4v) is 1.88. The van der Waals surface area contributed by atoms with Crippen LogP contribution in [0.3, 0.4) is 0 Å². The summed E-state index contributed by atoms with van der Waals surface area (Å²) in [6.07, 6.45) is 2.19. The number of benzene rings is 1. The summed E-state index contributed by atoms with van der Waals surface area (Å²) < 4.78 is 14.8. The van der Waals surface area contributed by atoms with Gasteiger partial charge in [0.2, 0.25) is 0 Å². The van der Waals surface area contributed by atoms with Gasteiger partial charge in [-0.1, -0.05) is 12.1 Å². The second kappa shape index (κ2) is 5.73. The monoisotopic (exact) mass is 248 g/mol. The third kappa shape index (κ3) is 3.13. The lowest BCUT2D eigenvalue weighted by Gasteiger charge is -2.01. The van der Waals surface area contributed by atoms with Crippen LogP contribution in [0.15, 0.2) is 24.3 Å². The normalized spacial score (nSPS) is 10.8.